The van der Waals surface area contributed by atoms with Gasteiger partial charge in [0.15, 0.2) is 0 Å². The third-order valence-corrected chi connectivity index (χ3v) is 1.95. The minimum Gasteiger partial charge on any atom is -0.348 e. The molecule has 0 spiro atoms. The van der Waals surface area contributed by atoms with E-state index in [1.807, 2.05) is 0 Å². The minimum absolute atomic E-state index is 0.257. The van der Waals surface area contributed by atoms with Gasteiger partial charge in [0.05, 0.1) is 6.33 Å². The number of carbonyl (C=O) groups is 1. The fraction of sp³-hybridized carbons (Fsp3) is 0.100. The van der Waals surface area contributed by atoms with Crippen molar-refractivity contribution in [3.8, 4) is 0 Å². The predicted octanol–water partition coefficient (Wildman–Crippen LogP) is 1.37. The first kappa shape index (κ1) is 9.39. The summed E-state index contributed by atoms with van der Waals surface area (Å²) in [6, 6.07) is 5.31. The summed E-state index contributed by atoms with van der Waals surface area (Å²) in [5, 5.41) is 2.65. The predicted molar refractivity (Wildman–Crippen MR) is 55.5 cm³/mol. The number of carbonyl (C=O) groups excluding carboxylic acids is 1. The number of anilines is 1. The highest BCUT2D eigenvalue weighted by molar-refractivity contribution is 6.03. The maximum atomic E-state index is 11.7. The van der Waals surface area contributed by atoms with Crippen molar-refractivity contribution in [3.05, 3.63) is 42.1 Å². The van der Waals surface area contributed by atoms with Gasteiger partial charge in [0.1, 0.15) is 11.5 Å². The molecule has 2 aromatic heterocycles. The number of hydrogen-bond donors (Lipinski definition) is 2. The van der Waals surface area contributed by atoms with Crippen molar-refractivity contribution in [3.63, 3.8) is 0 Å². The van der Waals surface area contributed by atoms with E-state index in [4.69, 9.17) is 0 Å². The van der Waals surface area contributed by atoms with Crippen molar-refractivity contribution in [2.75, 3.05) is 5.32 Å². The van der Waals surface area contributed by atoms with Crippen molar-refractivity contribution in [2.24, 2.45) is 0 Å². The molecule has 0 fully saturated rings. The molecule has 0 atom stereocenters. The SMILES string of the molecule is Cc1[nH]cnc1C(=O)Nc1ccccn1. The Morgan fingerprint density at radius 1 is 1.40 bits per heavy atom. The summed E-state index contributed by atoms with van der Waals surface area (Å²) in [6.45, 7) is 1.79. The number of pyridine rings is 1. The fourth-order valence-electron chi connectivity index (χ4n) is 1.20. The number of nitrogens with zero attached hydrogens (tertiary/aromatic N) is 2. The summed E-state index contributed by atoms with van der Waals surface area (Å²) in [7, 11) is 0. The number of H-pyrrole nitrogens is 1. The van der Waals surface area contributed by atoms with Gasteiger partial charge < -0.3 is 10.3 Å². The van der Waals surface area contributed by atoms with Gasteiger partial charge in [-0.15, -0.1) is 0 Å². The molecule has 15 heavy (non-hydrogen) atoms. The van der Waals surface area contributed by atoms with E-state index in [2.05, 4.69) is 20.3 Å². The molecule has 0 aromatic carbocycles. The van der Waals surface area contributed by atoms with Crippen LogP contribution in [0.25, 0.3) is 0 Å². The Kier molecular flexibility index (Phi) is 2.45. The molecule has 0 saturated carbocycles. The average Bonchev–Trinajstić information content (AvgIpc) is 2.66. The van der Waals surface area contributed by atoms with Crippen LogP contribution in [0.2, 0.25) is 0 Å². The molecule has 0 aliphatic heterocycles. The standard InChI is InChI=1S/C10H10N4O/c1-7-9(13-6-12-7)10(15)14-8-4-2-3-5-11-8/h2-6H,1H3,(H,12,13)(H,11,14,15). The second-order valence-electron chi connectivity index (χ2n) is 3.05. The molecule has 0 aliphatic carbocycles. The van der Waals surface area contributed by atoms with Crippen molar-refractivity contribution >= 4 is 11.7 Å². The van der Waals surface area contributed by atoms with E-state index in [9.17, 15) is 4.79 Å². The number of amides is 1. The molecule has 2 rings (SSSR count). The van der Waals surface area contributed by atoms with Gasteiger partial charge in [0.2, 0.25) is 0 Å². The first-order chi connectivity index (χ1) is 7.27. The Morgan fingerprint density at radius 2 is 2.27 bits per heavy atom. The summed E-state index contributed by atoms with van der Waals surface area (Å²) < 4.78 is 0. The topological polar surface area (TPSA) is 70.7 Å². The van der Waals surface area contributed by atoms with Crippen LogP contribution in [0.4, 0.5) is 5.82 Å². The summed E-state index contributed by atoms with van der Waals surface area (Å²) in [6.07, 6.45) is 3.11. The van der Waals surface area contributed by atoms with Crippen LogP contribution < -0.4 is 5.32 Å². The fourth-order valence-corrected chi connectivity index (χ4v) is 1.20. The van der Waals surface area contributed by atoms with Gasteiger partial charge in [-0.3, -0.25) is 4.79 Å². The number of hydrogen-bond acceptors (Lipinski definition) is 3. The number of aromatic amines is 1. The van der Waals surface area contributed by atoms with Crippen molar-refractivity contribution in [1.29, 1.82) is 0 Å². The highest BCUT2D eigenvalue weighted by Gasteiger charge is 2.11. The number of nitrogens with one attached hydrogen (secondary N) is 2. The Morgan fingerprint density at radius 3 is 2.87 bits per heavy atom. The summed E-state index contributed by atoms with van der Waals surface area (Å²) in [4.78, 5) is 22.4. The Labute approximate surface area is 86.6 Å². The lowest BCUT2D eigenvalue weighted by Crippen LogP contribution is -2.14. The molecule has 76 valence electrons. The average molecular weight is 202 g/mol. The second kappa shape index (κ2) is 3.91. The van der Waals surface area contributed by atoms with Crippen LogP contribution >= 0.6 is 0 Å². The van der Waals surface area contributed by atoms with Gasteiger partial charge >= 0.3 is 0 Å². The highest BCUT2D eigenvalue weighted by Crippen LogP contribution is 2.05. The molecule has 2 aromatic rings. The van der Waals surface area contributed by atoms with E-state index in [-0.39, 0.29) is 5.91 Å². The third kappa shape index (κ3) is 2.01. The zero-order chi connectivity index (χ0) is 10.7. The molecule has 5 heteroatoms. The molecule has 0 unspecified atom stereocenters. The van der Waals surface area contributed by atoms with E-state index in [0.29, 0.717) is 11.5 Å². The summed E-state index contributed by atoms with van der Waals surface area (Å²) in [5.41, 5.74) is 1.13. The molecular formula is C10H10N4O. The smallest absolute Gasteiger partial charge is 0.277 e. The van der Waals surface area contributed by atoms with Crippen LogP contribution in [0.1, 0.15) is 16.2 Å². The third-order valence-electron chi connectivity index (χ3n) is 1.95. The lowest BCUT2D eigenvalue weighted by Gasteiger charge is -2.01. The monoisotopic (exact) mass is 202 g/mol. The number of aromatic nitrogens is 3. The Bertz CT molecular complexity index is 463. The minimum atomic E-state index is -0.257. The van der Waals surface area contributed by atoms with Crippen molar-refractivity contribution < 1.29 is 4.79 Å². The van der Waals surface area contributed by atoms with Crippen LogP contribution in [0.5, 0.6) is 0 Å². The van der Waals surface area contributed by atoms with E-state index >= 15 is 0 Å². The number of aryl methyl sites for hydroxylation is 1. The molecule has 0 aliphatic rings. The zero-order valence-corrected chi connectivity index (χ0v) is 8.19. The molecular weight excluding hydrogens is 192 g/mol. The van der Waals surface area contributed by atoms with E-state index in [1.165, 1.54) is 6.33 Å². The van der Waals surface area contributed by atoms with Crippen LogP contribution in [-0.4, -0.2) is 20.9 Å². The summed E-state index contributed by atoms with van der Waals surface area (Å²) in [5.74, 6) is 0.261. The van der Waals surface area contributed by atoms with Gasteiger partial charge in [-0.25, -0.2) is 9.97 Å². The van der Waals surface area contributed by atoms with Crippen molar-refractivity contribution in [1.82, 2.24) is 15.0 Å². The molecule has 0 radical (unpaired) electrons. The first-order valence-corrected chi connectivity index (χ1v) is 4.50. The van der Waals surface area contributed by atoms with Gasteiger partial charge in [-0.2, -0.15) is 0 Å². The van der Waals surface area contributed by atoms with E-state index in [0.717, 1.165) is 5.69 Å². The van der Waals surface area contributed by atoms with E-state index in [1.54, 1.807) is 31.3 Å². The van der Waals surface area contributed by atoms with Crippen LogP contribution in [0.15, 0.2) is 30.7 Å². The van der Waals surface area contributed by atoms with Gasteiger partial charge in [-0.1, -0.05) is 6.07 Å². The van der Waals surface area contributed by atoms with Crippen molar-refractivity contribution in [2.45, 2.75) is 6.92 Å². The lowest BCUT2D eigenvalue weighted by atomic mass is 10.3. The Hall–Kier alpha value is -2.17. The van der Waals surface area contributed by atoms with Crippen LogP contribution in [-0.2, 0) is 0 Å². The molecule has 2 N–H and O–H groups in total. The number of imidazole rings is 1. The molecule has 0 bridgehead atoms. The lowest BCUT2D eigenvalue weighted by molar-refractivity contribution is 0.102. The maximum absolute atomic E-state index is 11.7. The maximum Gasteiger partial charge on any atom is 0.277 e. The second-order valence-corrected chi connectivity index (χ2v) is 3.05. The quantitative estimate of drug-likeness (QED) is 0.772. The molecule has 0 saturated heterocycles. The van der Waals surface area contributed by atoms with Gasteiger partial charge in [0.25, 0.3) is 5.91 Å². The molecule has 2 heterocycles. The molecule has 1 amide bonds. The normalized spacial score (nSPS) is 9.93. The van der Waals surface area contributed by atoms with Gasteiger partial charge in [0, 0.05) is 11.9 Å². The van der Waals surface area contributed by atoms with Crippen LogP contribution in [0.3, 0.4) is 0 Å². The first-order valence-electron chi connectivity index (χ1n) is 4.50. The molecule has 5 nitrogen and oxygen atoms in total. The Balaban J connectivity index is 2.15. The van der Waals surface area contributed by atoms with Crippen LogP contribution in [0, 0.1) is 6.92 Å². The largest absolute Gasteiger partial charge is 0.348 e. The highest BCUT2D eigenvalue weighted by atomic mass is 16.2. The summed E-state index contributed by atoms with van der Waals surface area (Å²) >= 11 is 0. The number of rotatable bonds is 2. The zero-order valence-electron chi connectivity index (χ0n) is 8.19. The van der Waals surface area contributed by atoms with E-state index < -0.39 is 0 Å². The van der Waals surface area contributed by atoms with Gasteiger partial charge in [-0.05, 0) is 19.1 Å².